The smallest absolute Gasteiger partial charge is 0.233 e. The molecular weight excluding hydrogens is 604 g/mol. The number of ether oxygens (including phenoxy) is 1. The maximum absolute atomic E-state index is 13.1. The molecule has 0 aliphatic carbocycles. The third kappa shape index (κ3) is 7.26. The Bertz CT molecular complexity index is 1800. The molecule has 3 heterocycles. The zero-order chi connectivity index (χ0) is 33.0. The van der Waals surface area contributed by atoms with Crippen LogP contribution in [-0.2, 0) is 14.6 Å². The monoisotopic (exact) mass is 648 g/mol. The lowest BCUT2D eigenvalue weighted by atomic mass is 9.86. The Labute approximate surface area is 271 Å². The normalized spacial score (nSPS) is 14.3. The molecule has 0 saturated carbocycles. The number of fused-ring (bicyclic) bond motifs is 1. The van der Waals surface area contributed by atoms with E-state index in [0.717, 1.165) is 44.5 Å². The van der Waals surface area contributed by atoms with E-state index in [0.29, 0.717) is 47.0 Å². The van der Waals surface area contributed by atoms with Gasteiger partial charge >= 0.3 is 0 Å². The van der Waals surface area contributed by atoms with Crippen LogP contribution >= 0.6 is 0 Å². The van der Waals surface area contributed by atoms with Crippen molar-refractivity contribution in [3.63, 3.8) is 0 Å². The second kappa shape index (κ2) is 14.0. The minimum atomic E-state index is -3.56. The van der Waals surface area contributed by atoms with Crippen molar-refractivity contribution in [1.82, 2.24) is 29.4 Å². The summed E-state index contributed by atoms with van der Waals surface area (Å²) in [7, 11) is 2.13. The fourth-order valence-electron chi connectivity index (χ4n) is 5.83. The van der Waals surface area contributed by atoms with Gasteiger partial charge in [-0.1, -0.05) is 12.1 Å². The van der Waals surface area contributed by atoms with Crippen LogP contribution in [0.3, 0.4) is 0 Å². The number of carbonyl (C=O) groups excluding carboxylic acids is 1. The first-order valence-electron chi connectivity index (χ1n) is 15.7. The molecular formula is C33H44N8O4S. The Morgan fingerprint density at radius 3 is 2.50 bits per heavy atom. The number of piperidine rings is 1. The fraction of sp³-hybridized carbons (Fsp3) is 0.455. The van der Waals surface area contributed by atoms with Gasteiger partial charge in [-0.15, -0.1) is 0 Å². The van der Waals surface area contributed by atoms with Gasteiger partial charge in [0.2, 0.25) is 17.8 Å². The fourth-order valence-corrected chi connectivity index (χ4v) is 7.03. The predicted octanol–water partition coefficient (Wildman–Crippen LogP) is 5.16. The van der Waals surface area contributed by atoms with Crippen molar-refractivity contribution < 1.29 is 17.9 Å². The van der Waals surface area contributed by atoms with Crippen LogP contribution in [-0.4, -0.2) is 89.8 Å². The predicted molar refractivity (Wildman–Crippen MR) is 180 cm³/mol. The van der Waals surface area contributed by atoms with Crippen molar-refractivity contribution in [2.75, 3.05) is 51.5 Å². The van der Waals surface area contributed by atoms with E-state index in [2.05, 4.69) is 43.6 Å². The van der Waals surface area contributed by atoms with E-state index in [1.54, 1.807) is 57.5 Å². The molecule has 13 heteroatoms. The van der Waals surface area contributed by atoms with E-state index < -0.39 is 15.1 Å². The molecule has 1 saturated heterocycles. The van der Waals surface area contributed by atoms with Gasteiger partial charge in [-0.25, -0.2) is 8.42 Å². The van der Waals surface area contributed by atoms with Gasteiger partial charge in [0.05, 0.1) is 34.8 Å². The lowest BCUT2D eigenvalue weighted by Gasteiger charge is -2.33. The molecule has 1 aliphatic heterocycles. The molecule has 46 heavy (non-hydrogen) atoms. The van der Waals surface area contributed by atoms with Crippen LogP contribution in [0.2, 0.25) is 0 Å². The summed E-state index contributed by atoms with van der Waals surface area (Å²) >= 11 is 0. The number of anilines is 4. The van der Waals surface area contributed by atoms with Crippen molar-refractivity contribution in [2.45, 2.75) is 62.5 Å². The molecule has 1 fully saturated rings. The molecule has 2 N–H and O–H groups in total. The average Bonchev–Trinajstić information content (AvgIpc) is 3.50. The van der Waals surface area contributed by atoms with Crippen LogP contribution in [0, 0.1) is 6.92 Å². The second-order valence-electron chi connectivity index (χ2n) is 12.3. The highest BCUT2D eigenvalue weighted by molar-refractivity contribution is 7.92. The third-order valence-electron chi connectivity index (χ3n) is 8.43. The standard InChI is InChI=1S/C33H44N8O4S/c1-22(2)46(43,44)29-11-8-7-10-26(29)36-33-38-32(37-30-13-16-34-41(30)33)35-27-20-23(3)25(21-28(27)45-6)24-14-18-40(19-15-24)31(42)12-9-17-39(4)5/h7-8,10-11,13,16,20-22,24H,9,12,14-15,17-19H2,1-6H3,(H2,35,36,37,38). The van der Waals surface area contributed by atoms with Crippen LogP contribution in [0.25, 0.3) is 5.65 Å². The molecule has 0 radical (unpaired) electrons. The van der Waals surface area contributed by atoms with E-state index in [1.807, 2.05) is 25.1 Å². The summed E-state index contributed by atoms with van der Waals surface area (Å²) in [6, 6.07) is 12.6. The molecule has 0 bridgehead atoms. The number of rotatable bonds is 12. The second-order valence-corrected chi connectivity index (χ2v) is 14.8. The number of likely N-dealkylation sites (tertiary alicyclic amines) is 1. The van der Waals surface area contributed by atoms with Crippen LogP contribution < -0.4 is 15.4 Å². The van der Waals surface area contributed by atoms with E-state index in [4.69, 9.17) is 4.74 Å². The lowest BCUT2D eigenvalue weighted by Crippen LogP contribution is -2.38. The van der Waals surface area contributed by atoms with Crippen LogP contribution in [0.15, 0.2) is 53.6 Å². The number of nitrogens with zero attached hydrogens (tertiary/aromatic N) is 6. The summed E-state index contributed by atoms with van der Waals surface area (Å²) < 4.78 is 33.5. The first-order valence-corrected chi connectivity index (χ1v) is 17.2. The van der Waals surface area contributed by atoms with Crippen LogP contribution in [0.5, 0.6) is 5.75 Å². The number of benzene rings is 2. The maximum atomic E-state index is 13.1. The minimum absolute atomic E-state index is 0.186. The summed E-state index contributed by atoms with van der Waals surface area (Å²) in [6.07, 6.45) is 4.88. The number of aromatic nitrogens is 4. The Hall–Kier alpha value is -4.23. The van der Waals surface area contributed by atoms with Gasteiger partial charge < -0.3 is 25.2 Å². The highest BCUT2D eigenvalue weighted by atomic mass is 32.2. The minimum Gasteiger partial charge on any atom is -0.495 e. The van der Waals surface area contributed by atoms with Crippen molar-refractivity contribution in [3.8, 4) is 5.75 Å². The Morgan fingerprint density at radius 2 is 1.80 bits per heavy atom. The molecule has 1 amide bonds. The molecule has 2 aromatic carbocycles. The Morgan fingerprint density at radius 1 is 1.07 bits per heavy atom. The largest absolute Gasteiger partial charge is 0.495 e. The average molecular weight is 649 g/mol. The van der Waals surface area contributed by atoms with Crippen molar-refractivity contribution in [2.24, 2.45) is 0 Å². The number of aryl methyl sites for hydroxylation is 1. The molecule has 2 aromatic heterocycles. The molecule has 5 rings (SSSR count). The van der Waals surface area contributed by atoms with Crippen molar-refractivity contribution >= 4 is 44.7 Å². The highest BCUT2D eigenvalue weighted by Gasteiger charge is 2.26. The zero-order valence-corrected chi connectivity index (χ0v) is 28.3. The molecule has 1 aliphatic rings. The number of sulfone groups is 1. The molecule has 0 unspecified atom stereocenters. The number of amides is 1. The summed E-state index contributed by atoms with van der Waals surface area (Å²) in [4.78, 5) is 26.3. The molecule has 4 aromatic rings. The first kappa shape index (κ1) is 33.1. The number of para-hydroxylation sites is 1. The van der Waals surface area contributed by atoms with Gasteiger partial charge in [0.15, 0.2) is 15.5 Å². The van der Waals surface area contributed by atoms with Gasteiger partial charge in [0.25, 0.3) is 0 Å². The van der Waals surface area contributed by atoms with E-state index >= 15 is 0 Å². The van der Waals surface area contributed by atoms with Gasteiger partial charge in [-0.05, 0) is 102 Å². The third-order valence-corrected chi connectivity index (χ3v) is 10.6. The maximum Gasteiger partial charge on any atom is 0.233 e. The summed E-state index contributed by atoms with van der Waals surface area (Å²) in [5, 5.41) is 10.2. The van der Waals surface area contributed by atoms with Crippen LogP contribution in [0.4, 0.5) is 23.3 Å². The molecule has 12 nitrogen and oxygen atoms in total. The Balaban J connectivity index is 1.36. The SMILES string of the molecule is COc1cc(C2CCN(C(=O)CCCN(C)C)CC2)c(C)cc1Nc1nc(Nc2ccccc2S(=O)(=O)C(C)C)n2nccc2n1. The topological polar surface area (TPSA) is 134 Å². The van der Waals surface area contributed by atoms with Crippen LogP contribution in [0.1, 0.15) is 56.6 Å². The number of hydrogen-bond acceptors (Lipinski definition) is 10. The van der Waals surface area contributed by atoms with Crippen molar-refractivity contribution in [3.05, 3.63) is 59.8 Å². The number of nitrogens with one attached hydrogen (secondary N) is 2. The van der Waals surface area contributed by atoms with E-state index in [-0.39, 0.29) is 10.8 Å². The number of methoxy groups -OCH3 is 1. The van der Waals surface area contributed by atoms with E-state index in [9.17, 15) is 13.2 Å². The number of hydrogen-bond donors (Lipinski definition) is 2. The van der Waals surface area contributed by atoms with Gasteiger partial charge in [0.1, 0.15) is 5.75 Å². The summed E-state index contributed by atoms with van der Waals surface area (Å²) in [5.74, 6) is 1.82. The molecule has 0 atom stereocenters. The van der Waals surface area contributed by atoms with Gasteiger partial charge in [-0.2, -0.15) is 19.6 Å². The first-order chi connectivity index (χ1) is 22.0. The lowest BCUT2D eigenvalue weighted by molar-refractivity contribution is -0.132. The Kier molecular flexibility index (Phi) is 10.1. The summed E-state index contributed by atoms with van der Waals surface area (Å²) in [6.45, 7) is 7.82. The highest BCUT2D eigenvalue weighted by Crippen LogP contribution is 2.38. The molecule has 0 spiro atoms. The molecule has 246 valence electrons. The van der Waals surface area contributed by atoms with Gasteiger partial charge in [0, 0.05) is 25.6 Å². The quantitative estimate of drug-likeness (QED) is 0.212. The van der Waals surface area contributed by atoms with Crippen molar-refractivity contribution in [1.29, 1.82) is 0 Å². The van der Waals surface area contributed by atoms with E-state index in [1.165, 1.54) is 10.1 Å². The van der Waals surface area contributed by atoms with Gasteiger partial charge in [-0.3, -0.25) is 4.79 Å². The number of carbonyl (C=O) groups is 1. The summed E-state index contributed by atoms with van der Waals surface area (Å²) in [5.41, 5.74) is 3.95. The zero-order valence-electron chi connectivity index (χ0n) is 27.4.